The van der Waals surface area contributed by atoms with Crippen LogP contribution in [0.1, 0.15) is 18.2 Å². The van der Waals surface area contributed by atoms with Crippen molar-refractivity contribution in [2.75, 3.05) is 13.1 Å². The molecule has 4 nitrogen and oxygen atoms in total. The smallest absolute Gasteiger partial charge is 0.411 e. The van der Waals surface area contributed by atoms with Crippen LogP contribution < -0.4 is 5.73 Å². The number of carbonyl (C=O) groups excluding carboxylic acids is 1. The Hall–Kier alpha value is -1.55. The zero-order valence-electron chi connectivity index (χ0n) is 8.43. The Morgan fingerprint density at radius 2 is 2.00 bits per heavy atom. The van der Waals surface area contributed by atoms with E-state index in [0.29, 0.717) is 0 Å². The third-order valence-corrected chi connectivity index (χ3v) is 2.47. The molecule has 0 saturated carbocycles. The van der Waals surface area contributed by atoms with Crippen LogP contribution in [0.4, 0.5) is 4.79 Å². The van der Waals surface area contributed by atoms with Gasteiger partial charge in [-0.05, 0) is 6.42 Å². The number of benzene rings is 1. The van der Waals surface area contributed by atoms with Crippen LogP contribution >= 0.6 is 0 Å². The van der Waals surface area contributed by atoms with Crippen molar-refractivity contribution in [1.82, 2.24) is 4.90 Å². The van der Waals surface area contributed by atoms with Gasteiger partial charge >= 0.3 is 6.09 Å². The van der Waals surface area contributed by atoms with Gasteiger partial charge < -0.3 is 9.64 Å². The molecule has 0 spiro atoms. The molecule has 0 bridgehead atoms. The molecule has 2 N–H and O–H groups in total. The van der Waals surface area contributed by atoms with E-state index in [1.165, 1.54) is 0 Å². The van der Waals surface area contributed by atoms with Gasteiger partial charge in [-0.2, -0.15) is 0 Å². The van der Waals surface area contributed by atoms with Crippen molar-refractivity contribution in [3.8, 4) is 0 Å². The molecule has 1 aliphatic heterocycles. The third-order valence-electron chi connectivity index (χ3n) is 2.47. The number of nitrogens with zero attached hydrogens (tertiary/aromatic N) is 1. The molecule has 1 atom stereocenters. The molecule has 1 unspecified atom stereocenters. The molecule has 0 aromatic heterocycles. The molecule has 1 amide bonds. The second-order valence-electron chi connectivity index (χ2n) is 3.56. The van der Waals surface area contributed by atoms with E-state index in [2.05, 4.69) is 0 Å². The molecule has 1 heterocycles. The maximum Gasteiger partial charge on any atom is 0.411 e. The fourth-order valence-corrected chi connectivity index (χ4v) is 1.39. The van der Waals surface area contributed by atoms with E-state index in [-0.39, 0.29) is 6.09 Å². The first kappa shape index (κ1) is 9.98. The van der Waals surface area contributed by atoms with Gasteiger partial charge in [0, 0.05) is 18.7 Å². The van der Waals surface area contributed by atoms with E-state index < -0.39 is 6.23 Å². The number of likely N-dealkylation sites (tertiary alicyclic amines) is 1. The summed E-state index contributed by atoms with van der Waals surface area (Å²) < 4.78 is 5.11. The lowest BCUT2D eigenvalue weighted by atomic mass is 10.2. The van der Waals surface area contributed by atoms with E-state index in [9.17, 15) is 4.79 Å². The highest BCUT2D eigenvalue weighted by Crippen LogP contribution is 2.15. The van der Waals surface area contributed by atoms with Crippen molar-refractivity contribution in [1.29, 1.82) is 0 Å². The molecule has 80 valence electrons. The summed E-state index contributed by atoms with van der Waals surface area (Å²) in [5.74, 6) is 0. The van der Waals surface area contributed by atoms with E-state index in [1.807, 2.05) is 30.3 Å². The maximum atomic E-state index is 11.4. The number of nitrogens with two attached hydrogens (primary N) is 1. The summed E-state index contributed by atoms with van der Waals surface area (Å²) in [6, 6.07) is 9.31. The highest BCUT2D eigenvalue weighted by Gasteiger charge is 2.23. The Kier molecular flexibility index (Phi) is 2.87. The summed E-state index contributed by atoms with van der Waals surface area (Å²) in [7, 11) is 0. The molecular weight excluding hydrogens is 192 g/mol. The Morgan fingerprint density at radius 1 is 1.33 bits per heavy atom. The highest BCUT2D eigenvalue weighted by molar-refractivity contribution is 5.68. The number of hydrogen-bond acceptors (Lipinski definition) is 3. The average Bonchev–Trinajstić information content (AvgIpc) is 2.16. The van der Waals surface area contributed by atoms with E-state index in [0.717, 1.165) is 25.1 Å². The molecule has 2 rings (SSSR count). The van der Waals surface area contributed by atoms with Crippen molar-refractivity contribution in [2.24, 2.45) is 5.73 Å². The first-order chi connectivity index (χ1) is 7.27. The monoisotopic (exact) mass is 206 g/mol. The number of ether oxygens (including phenoxy) is 1. The van der Waals surface area contributed by atoms with Crippen LogP contribution in [-0.2, 0) is 4.74 Å². The first-order valence-corrected chi connectivity index (χ1v) is 5.03. The van der Waals surface area contributed by atoms with E-state index >= 15 is 0 Å². The largest absolute Gasteiger partial charge is 0.426 e. The van der Waals surface area contributed by atoms with Gasteiger partial charge in [0.2, 0.25) is 0 Å². The molecule has 1 aliphatic rings. The topological polar surface area (TPSA) is 55.6 Å². The quantitative estimate of drug-likeness (QED) is 0.746. The van der Waals surface area contributed by atoms with Crippen molar-refractivity contribution < 1.29 is 9.53 Å². The predicted molar refractivity (Wildman–Crippen MR) is 56.0 cm³/mol. The standard InChI is InChI=1S/C11H14N2O2/c12-10(9-5-2-1-3-6-9)15-11(14)13-7-4-8-13/h1-3,5-6,10H,4,7-8,12H2. The Morgan fingerprint density at radius 3 is 2.53 bits per heavy atom. The van der Waals surface area contributed by atoms with Gasteiger partial charge in [0.25, 0.3) is 0 Å². The Balaban J connectivity index is 1.91. The number of hydrogen-bond donors (Lipinski definition) is 1. The molecule has 15 heavy (non-hydrogen) atoms. The molecule has 1 saturated heterocycles. The minimum absolute atomic E-state index is 0.322. The van der Waals surface area contributed by atoms with Crippen LogP contribution in [0.2, 0.25) is 0 Å². The molecule has 1 aromatic carbocycles. The lowest BCUT2D eigenvalue weighted by Crippen LogP contribution is -2.43. The minimum atomic E-state index is -0.667. The second-order valence-corrected chi connectivity index (χ2v) is 3.56. The normalized spacial score (nSPS) is 16.7. The summed E-state index contributed by atoms with van der Waals surface area (Å²) >= 11 is 0. The van der Waals surface area contributed by atoms with Crippen molar-refractivity contribution in [3.05, 3.63) is 35.9 Å². The Bertz CT molecular complexity index is 336. The molecule has 1 fully saturated rings. The summed E-state index contributed by atoms with van der Waals surface area (Å²) in [4.78, 5) is 13.1. The summed E-state index contributed by atoms with van der Waals surface area (Å²) in [6.07, 6.45) is 0.0623. The molecule has 1 aromatic rings. The fraction of sp³-hybridized carbons (Fsp3) is 0.364. The zero-order chi connectivity index (χ0) is 10.7. The van der Waals surface area contributed by atoms with Crippen molar-refractivity contribution in [2.45, 2.75) is 12.6 Å². The summed E-state index contributed by atoms with van der Waals surface area (Å²) in [5.41, 5.74) is 6.55. The van der Waals surface area contributed by atoms with Crippen molar-refractivity contribution in [3.63, 3.8) is 0 Å². The number of rotatable bonds is 2. The predicted octanol–water partition coefficient (Wildman–Crippen LogP) is 1.49. The van der Waals surface area contributed by atoms with Gasteiger partial charge in [0.15, 0.2) is 6.23 Å². The molecule has 0 aliphatic carbocycles. The van der Waals surface area contributed by atoms with Gasteiger partial charge in [-0.25, -0.2) is 4.79 Å². The first-order valence-electron chi connectivity index (χ1n) is 5.03. The Labute approximate surface area is 88.6 Å². The van der Waals surface area contributed by atoms with Crippen LogP contribution in [0.5, 0.6) is 0 Å². The zero-order valence-corrected chi connectivity index (χ0v) is 8.43. The van der Waals surface area contributed by atoms with Crippen molar-refractivity contribution >= 4 is 6.09 Å². The van der Waals surface area contributed by atoms with Gasteiger partial charge in [-0.1, -0.05) is 30.3 Å². The second kappa shape index (κ2) is 4.31. The maximum absolute atomic E-state index is 11.4. The molecular formula is C11H14N2O2. The van der Waals surface area contributed by atoms with Gasteiger partial charge in [0.05, 0.1) is 0 Å². The van der Waals surface area contributed by atoms with Crippen LogP contribution in [0, 0.1) is 0 Å². The SMILES string of the molecule is NC(OC(=O)N1CCC1)c1ccccc1. The van der Waals surface area contributed by atoms with Gasteiger partial charge in [-0.3, -0.25) is 5.73 Å². The van der Waals surface area contributed by atoms with Gasteiger partial charge in [0.1, 0.15) is 0 Å². The van der Waals surface area contributed by atoms with E-state index in [1.54, 1.807) is 4.90 Å². The van der Waals surface area contributed by atoms with Crippen LogP contribution in [0.25, 0.3) is 0 Å². The summed E-state index contributed by atoms with van der Waals surface area (Å²) in [6.45, 7) is 1.56. The number of amides is 1. The molecule has 4 heteroatoms. The molecule has 0 radical (unpaired) electrons. The van der Waals surface area contributed by atoms with Crippen LogP contribution in [0.3, 0.4) is 0 Å². The van der Waals surface area contributed by atoms with Crippen LogP contribution in [-0.4, -0.2) is 24.1 Å². The summed E-state index contributed by atoms with van der Waals surface area (Å²) in [5, 5.41) is 0. The minimum Gasteiger partial charge on any atom is -0.426 e. The fourth-order valence-electron chi connectivity index (χ4n) is 1.39. The van der Waals surface area contributed by atoms with Crippen LogP contribution in [0.15, 0.2) is 30.3 Å². The number of carbonyl (C=O) groups is 1. The third kappa shape index (κ3) is 2.27. The van der Waals surface area contributed by atoms with Gasteiger partial charge in [-0.15, -0.1) is 0 Å². The lowest BCUT2D eigenvalue weighted by molar-refractivity contribution is 0.0482. The lowest BCUT2D eigenvalue weighted by Gasteiger charge is -2.30. The average molecular weight is 206 g/mol. The van der Waals surface area contributed by atoms with E-state index in [4.69, 9.17) is 10.5 Å². The highest BCUT2D eigenvalue weighted by atomic mass is 16.6.